The first-order chi connectivity index (χ1) is 8.97. The number of carbonyl (C=O) groups excluding carboxylic acids is 1. The molecule has 0 spiro atoms. The fourth-order valence-electron chi connectivity index (χ4n) is 1.63. The number of hydrogen-bond donors (Lipinski definition) is 2. The van der Waals surface area contributed by atoms with Gasteiger partial charge in [0.1, 0.15) is 11.5 Å². The molecule has 0 atom stereocenters. The number of H-pyrrole nitrogens is 1. The summed E-state index contributed by atoms with van der Waals surface area (Å²) >= 11 is 11.9. The Hall–Kier alpha value is -1.72. The van der Waals surface area contributed by atoms with Crippen LogP contribution in [0.4, 0.5) is 5.82 Å². The van der Waals surface area contributed by atoms with E-state index >= 15 is 0 Å². The smallest absolute Gasteiger partial charge is 0.271 e. The standard InChI is InChI=1S/C12H12Cl2N4O/c1-18(12(19)10-5-11(15)17-16-10)6-7-2-3-8(13)4-9(7)14/h2-5H,6H2,1H3,(H3,15,16,17). The molecule has 19 heavy (non-hydrogen) atoms. The summed E-state index contributed by atoms with van der Waals surface area (Å²) in [6, 6.07) is 6.65. The fourth-order valence-corrected chi connectivity index (χ4v) is 2.10. The number of benzene rings is 1. The van der Waals surface area contributed by atoms with Gasteiger partial charge in [-0.15, -0.1) is 0 Å². The fraction of sp³-hybridized carbons (Fsp3) is 0.167. The Morgan fingerprint density at radius 1 is 1.42 bits per heavy atom. The lowest BCUT2D eigenvalue weighted by atomic mass is 10.2. The largest absolute Gasteiger partial charge is 0.382 e. The van der Waals surface area contributed by atoms with Gasteiger partial charge in [-0.25, -0.2) is 0 Å². The predicted molar refractivity (Wildman–Crippen MR) is 75.3 cm³/mol. The Labute approximate surface area is 120 Å². The lowest BCUT2D eigenvalue weighted by Gasteiger charge is -2.17. The van der Waals surface area contributed by atoms with Crippen molar-refractivity contribution in [3.63, 3.8) is 0 Å². The number of nitrogens with zero attached hydrogens (tertiary/aromatic N) is 2. The first-order valence-corrected chi connectivity index (χ1v) is 6.23. The number of anilines is 1. The number of nitrogens with two attached hydrogens (primary N) is 1. The van der Waals surface area contributed by atoms with E-state index in [4.69, 9.17) is 28.9 Å². The number of aromatic amines is 1. The number of halogens is 2. The van der Waals surface area contributed by atoms with Gasteiger partial charge in [-0.05, 0) is 17.7 Å². The highest BCUT2D eigenvalue weighted by Gasteiger charge is 2.15. The highest BCUT2D eigenvalue weighted by molar-refractivity contribution is 6.35. The second-order valence-electron chi connectivity index (χ2n) is 4.10. The van der Waals surface area contributed by atoms with Gasteiger partial charge >= 0.3 is 0 Å². The van der Waals surface area contributed by atoms with Crippen LogP contribution in [0.1, 0.15) is 16.1 Å². The minimum Gasteiger partial charge on any atom is -0.382 e. The lowest BCUT2D eigenvalue weighted by molar-refractivity contribution is 0.0779. The summed E-state index contributed by atoms with van der Waals surface area (Å²) in [5.41, 5.74) is 6.61. The van der Waals surface area contributed by atoms with Gasteiger partial charge in [-0.2, -0.15) is 5.10 Å². The van der Waals surface area contributed by atoms with Crippen LogP contribution in [0.5, 0.6) is 0 Å². The van der Waals surface area contributed by atoms with Crippen LogP contribution in [-0.2, 0) is 6.54 Å². The zero-order chi connectivity index (χ0) is 14.0. The van der Waals surface area contributed by atoms with Crippen LogP contribution in [0.15, 0.2) is 24.3 Å². The highest BCUT2D eigenvalue weighted by atomic mass is 35.5. The predicted octanol–water partition coefficient (Wildman–Crippen LogP) is 2.57. The zero-order valence-corrected chi connectivity index (χ0v) is 11.7. The first-order valence-electron chi connectivity index (χ1n) is 5.47. The Morgan fingerprint density at radius 3 is 2.74 bits per heavy atom. The molecule has 0 bridgehead atoms. The molecule has 2 aromatic rings. The molecule has 0 aliphatic carbocycles. The quantitative estimate of drug-likeness (QED) is 0.914. The van der Waals surface area contributed by atoms with Gasteiger partial charge in [0.15, 0.2) is 0 Å². The molecule has 0 aliphatic rings. The van der Waals surface area contributed by atoms with E-state index in [1.165, 1.54) is 11.0 Å². The van der Waals surface area contributed by atoms with Crippen molar-refractivity contribution in [2.24, 2.45) is 0 Å². The van der Waals surface area contributed by atoms with Crippen molar-refractivity contribution in [2.75, 3.05) is 12.8 Å². The van der Waals surface area contributed by atoms with Crippen LogP contribution in [-0.4, -0.2) is 28.1 Å². The maximum absolute atomic E-state index is 12.1. The number of carbonyl (C=O) groups is 1. The molecule has 0 saturated carbocycles. The monoisotopic (exact) mass is 298 g/mol. The molecular weight excluding hydrogens is 287 g/mol. The molecule has 1 heterocycles. The van der Waals surface area contributed by atoms with E-state index in [2.05, 4.69) is 10.2 Å². The van der Waals surface area contributed by atoms with Gasteiger partial charge < -0.3 is 10.6 Å². The summed E-state index contributed by atoms with van der Waals surface area (Å²) in [5, 5.41) is 7.38. The topological polar surface area (TPSA) is 75.0 Å². The Kier molecular flexibility index (Phi) is 3.97. The summed E-state index contributed by atoms with van der Waals surface area (Å²) in [4.78, 5) is 13.6. The number of rotatable bonds is 3. The molecule has 0 aliphatic heterocycles. The molecule has 5 nitrogen and oxygen atoms in total. The number of aromatic nitrogens is 2. The van der Waals surface area contributed by atoms with Crippen molar-refractivity contribution >= 4 is 34.9 Å². The third-order valence-corrected chi connectivity index (χ3v) is 3.18. The molecular formula is C12H12Cl2N4O. The molecule has 1 aromatic heterocycles. The van der Waals surface area contributed by atoms with Crippen molar-refractivity contribution in [1.29, 1.82) is 0 Å². The van der Waals surface area contributed by atoms with Crippen molar-refractivity contribution in [3.8, 4) is 0 Å². The summed E-state index contributed by atoms with van der Waals surface area (Å²) in [6.45, 7) is 0.369. The average Bonchev–Trinajstić information content (AvgIpc) is 2.78. The van der Waals surface area contributed by atoms with Crippen LogP contribution in [0.2, 0.25) is 10.0 Å². The molecule has 0 unspecified atom stereocenters. The lowest BCUT2D eigenvalue weighted by Crippen LogP contribution is -2.26. The second kappa shape index (κ2) is 5.50. The number of hydrogen-bond acceptors (Lipinski definition) is 3. The van der Waals surface area contributed by atoms with E-state index in [9.17, 15) is 4.79 Å². The molecule has 3 N–H and O–H groups in total. The number of nitrogens with one attached hydrogen (secondary N) is 1. The SMILES string of the molecule is CN(Cc1ccc(Cl)cc1Cl)C(=O)c1cc(N)n[nH]1. The summed E-state index contributed by atoms with van der Waals surface area (Å²) < 4.78 is 0. The maximum Gasteiger partial charge on any atom is 0.271 e. The van der Waals surface area contributed by atoms with Gasteiger partial charge in [0.25, 0.3) is 5.91 Å². The van der Waals surface area contributed by atoms with Crippen LogP contribution in [0.25, 0.3) is 0 Å². The Morgan fingerprint density at radius 2 is 2.16 bits per heavy atom. The van der Waals surface area contributed by atoms with Crippen molar-refractivity contribution < 1.29 is 4.79 Å². The zero-order valence-electron chi connectivity index (χ0n) is 10.2. The van der Waals surface area contributed by atoms with Crippen molar-refractivity contribution in [3.05, 3.63) is 45.6 Å². The molecule has 1 aromatic carbocycles. The number of amides is 1. The Bertz CT molecular complexity index is 612. The average molecular weight is 299 g/mol. The maximum atomic E-state index is 12.1. The van der Waals surface area contributed by atoms with Gasteiger partial charge in [-0.1, -0.05) is 29.3 Å². The third kappa shape index (κ3) is 3.19. The van der Waals surface area contributed by atoms with Gasteiger partial charge in [0, 0.05) is 29.7 Å². The van der Waals surface area contributed by atoms with Gasteiger partial charge in [0.2, 0.25) is 0 Å². The Balaban J connectivity index is 2.12. The molecule has 1 amide bonds. The van der Waals surface area contributed by atoms with E-state index < -0.39 is 0 Å². The van der Waals surface area contributed by atoms with Crippen LogP contribution < -0.4 is 5.73 Å². The highest BCUT2D eigenvalue weighted by Crippen LogP contribution is 2.22. The molecule has 0 fully saturated rings. The molecule has 100 valence electrons. The van der Waals surface area contributed by atoms with E-state index in [1.807, 2.05) is 0 Å². The summed E-state index contributed by atoms with van der Waals surface area (Å²) in [6.07, 6.45) is 0. The van der Waals surface area contributed by atoms with Gasteiger partial charge in [0.05, 0.1) is 0 Å². The minimum atomic E-state index is -0.213. The molecule has 0 saturated heterocycles. The van der Waals surface area contributed by atoms with Crippen LogP contribution >= 0.6 is 23.2 Å². The van der Waals surface area contributed by atoms with Crippen LogP contribution in [0, 0.1) is 0 Å². The van der Waals surface area contributed by atoms with E-state index in [-0.39, 0.29) is 11.7 Å². The summed E-state index contributed by atoms with van der Waals surface area (Å²) in [7, 11) is 1.67. The first kappa shape index (κ1) is 13.7. The molecule has 0 radical (unpaired) electrons. The van der Waals surface area contributed by atoms with E-state index in [1.54, 1.807) is 25.2 Å². The third-order valence-electron chi connectivity index (χ3n) is 2.60. The van der Waals surface area contributed by atoms with Gasteiger partial charge in [-0.3, -0.25) is 9.89 Å². The molecule has 7 heteroatoms. The minimum absolute atomic E-state index is 0.213. The van der Waals surface area contributed by atoms with Crippen molar-refractivity contribution in [1.82, 2.24) is 15.1 Å². The number of nitrogen functional groups attached to an aromatic ring is 1. The molecule has 2 rings (SSSR count). The van der Waals surface area contributed by atoms with E-state index in [0.29, 0.717) is 22.3 Å². The normalized spacial score (nSPS) is 10.5. The van der Waals surface area contributed by atoms with Crippen molar-refractivity contribution in [2.45, 2.75) is 6.54 Å². The summed E-state index contributed by atoms with van der Waals surface area (Å²) in [5.74, 6) is 0.0662. The second-order valence-corrected chi connectivity index (χ2v) is 4.95. The van der Waals surface area contributed by atoms with E-state index in [0.717, 1.165) is 5.56 Å². The van der Waals surface area contributed by atoms with Crippen LogP contribution in [0.3, 0.4) is 0 Å².